The zero-order valence-electron chi connectivity index (χ0n) is 13.3. The van der Waals surface area contributed by atoms with Crippen LogP contribution in [0.3, 0.4) is 0 Å². The Balaban J connectivity index is 2.09. The second kappa shape index (κ2) is 6.52. The molecule has 0 radical (unpaired) electrons. The molecule has 0 aliphatic carbocycles. The van der Waals surface area contributed by atoms with Gasteiger partial charge in [0.05, 0.1) is 0 Å². The number of rotatable bonds is 2. The molecule has 1 unspecified atom stereocenters. The molecular weight excluding hydrogens is 306 g/mol. The van der Waals surface area contributed by atoms with Gasteiger partial charge >= 0.3 is 6.09 Å². The van der Waals surface area contributed by atoms with Crippen LogP contribution in [0.15, 0.2) is 18.2 Å². The fourth-order valence-electron chi connectivity index (χ4n) is 2.47. The number of carbonyl (C=O) groups excluding carboxylic acids is 2. The lowest BCUT2D eigenvalue weighted by Gasteiger charge is -2.30. The molecule has 23 heavy (non-hydrogen) atoms. The highest BCUT2D eigenvalue weighted by Crippen LogP contribution is 2.27. The molecule has 1 saturated heterocycles. The van der Waals surface area contributed by atoms with Gasteiger partial charge in [-0.25, -0.2) is 13.6 Å². The molecule has 1 fully saturated rings. The highest BCUT2D eigenvalue weighted by Gasteiger charge is 2.33. The monoisotopic (exact) mass is 326 g/mol. The molecule has 1 aromatic rings. The lowest BCUT2D eigenvalue weighted by Crippen LogP contribution is -2.53. The van der Waals surface area contributed by atoms with Gasteiger partial charge < -0.3 is 15.4 Å². The summed E-state index contributed by atoms with van der Waals surface area (Å²) in [4.78, 5) is 23.7. The van der Waals surface area contributed by atoms with E-state index in [0.717, 1.165) is 6.07 Å². The Kier molecular flexibility index (Phi) is 4.87. The molecule has 2 rings (SSSR count). The van der Waals surface area contributed by atoms with Crippen molar-refractivity contribution in [2.75, 3.05) is 6.54 Å². The second-order valence-corrected chi connectivity index (χ2v) is 6.52. The van der Waals surface area contributed by atoms with Crippen LogP contribution in [0.25, 0.3) is 0 Å². The van der Waals surface area contributed by atoms with E-state index in [1.807, 2.05) is 0 Å². The van der Waals surface area contributed by atoms with Crippen molar-refractivity contribution < 1.29 is 23.1 Å². The van der Waals surface area contributed by atoms with Crippen molar-refractivity contribution in [1.29, 1.82) is 0 Å². The SMILES string of the molecule is CC(C)(C)OC(=O)N[C@H]1CC(c2cccc(F)c2F)CNC1=O. The summed E-state index contributed by atoms with van der Waals surface area (Å²) in [5, 5.41) is 5.07. The average Bonchev–Trinajstić information content (AvgIpc) is 2.42. The summed E-state index contributed by atoms with van der Waals surface area (Å²) in [6.07, 6.45) is -0.552. The first kappa shape index (κ1) is 17.2. The molecule has 126 valence electrons. The largest absolute Gasteiger partial charge is 0.444 e. The normalized spacial score (nSPS) is 21.5. The lowest BCUT2D eigenvalue weighted by molar-refractivity contribution is -0.124. The first-order valence-corrected chi connectivity index (χ1v) is 7.38. The first-order chi connectivity index (χ1) is 10.7. The topological polar surface area (TPSA) is 67.4 Å². The van der Waals surface area contributed by atoms with Gasteiger partial charge in [-0.3, -0.25) is 4.79 Å². The van der Waals surface area contributed by atoms with Crippen LogP contribution in [0, 0.1) is 11.6 Å². The fraction of sp³-hybridized carbons (Fsp3) is 0.500. The number of hydrogen-bond acceptors (Lipinski definition) is 3. The van der Waals surface area contributed by atoms with E-state index in [0.29, 0.717) is 0 Å². The van der Waals surface area contributed by atoms with E-state index in [1.165, 1.54) is 12.1 Å². The molecule has 5 nitrogen and oxygen atoms in total. The summed E-state index contributed by atoms with van der Waals surface area (Å²) in [7, 11) is 0. The smallest absolute Gasteiger partial charge is 0.408 e. The molecule has 1 aliphatic heterocycles. The summed E-state index contributed by atoms with van der Waals surface area (Å²) in [5.41, 5.74) is -0.510. The molecule has 1 aliphatic rings. The van der Waals surface area contributed by atoms with Crippen LogP contribution in [0.1, 0.15) is 38.7 Å². The zero-order chi connectivity index (χ0) is 17.2. The molecule has 0 aromatic heterocycles. The maximum atomic E-state index is 13.9. The van der Waals surface area contributed by atoms with Crippen molar-refractivity contribution in [3.8, 4) is 0 Å². The molecule has 1 aromatic carbocycles. The van der Waals surface area contributed by atoms with E-state index in [1.54, 1.807) is 20.8 Å². The highest BCUT2D eigenvalue weighted by atomic mass is 19.2. The number of hydrogen-bond donors (Lipinski definition) is 2. The molecule has 2 N–H and O–H groups in total. The van der Waals surface area contributed by atoms with Gasteiger partial charge in [0.2, 0.25) is 5.91 Å². The van der Waals surface area contributed by atoms with Crippen molar-refractivity contribution in [1.82, 2.24) is 10.6 Å². The average molecular weight is 326 g/mol. The number of carbonyl (C=O) groups is 2. The molecule has 0 saturated carbocycles. The van der Waals surface area contributed by atoms with Gasteiger partial charge in [-0.15, -0.1) is 0 Å². The van der Waals surface area contributed by atoms with Crippen LogP contribution >= 0.6 is 0 Å². The third-order valence-corrected chi connectivity index (χ3v) is 3.47. The van der Waals surface area contributed by atoms with Crippen LogP contribution in [0.2, 0.25) is 0 Å². The van der Waals surface area contributed by atoms with Gasteiger partial charge in [-0.05, 0) is 38.8 Å². The van der Waals surface area contributed by atoms with Crippen LogP contribution in [0.5, 0.6) is 0 Å². The van der Waals surface area contributed by atoms with Gasteiger partial charge in [0.15, 0.2) is 11.6 Å². The Hall–Kier alpha value is -2.18. The lowest BCUT2D eigenvalue weighted by atomic mass is 9.88. The predicted octanol–water partition coefficient (Wildman–Crippen LogP) is 2.46. The van der Waals surface area contributed by atoms with E-state index >= 15 is 0 Å². The van der Waals surface area contributed by atoms with Gasteiger partial charge in [-0.1, -0.05) is 12.1 Å². The second-order valence-electron chi connectivity index (χ2n) is 6.52. The number of piperidine rings is 1. The number of ether oxygens (including phenoxy) is 1. The van der Waals surface area contributed by atoms with Crippen molar-refractivity contribution in [3.05, 3.63) is 35.4 Å². The van der Waals surface area contributed by atoms with Crippen LogP contribution in [0.4, 0.5) is 13.6 Å². The molecule has 7 heteroatoms. The third kappa shape index (κ3) is 4.40. The van der Waals surface area contributed by atoms with E-state index in [9.17, 15) is 18.4 Å². The molecule has 2 atom stereocenters. The van der Waals surface area contributed by atoms with Gasteiger partial charge in [0.25, 0.3) is 0 Å². The maximum Gasteiger partial charge on any atom is 0.408 e. The van der Waals surface area contributed by atoms with Crippen molar-refractivity contribution >= 4 is 12.0 Å². The predicted molar refractivity (Wildman–Crippen MR) is 79.9 cm³/mol. The summed E-state index contributed by atoms with van der Waals surface area (Å²) < 4.78 is 32.4. The van der Waals surface area contributed by atoms with E-state index in [-0.39, 0.29) is 24.4 Å². The Morgan fingerprint density at radius 2 is 2.04 bits per heavy atom. The van der Waals surface area contributed by atoms with E-state index < -0.39 is 35.3 Å². The summed E-state index contributed by atoms with van der Waals surface area (Å²) in [6, 6.07) is 3.08. The summed E-state index contributed by atoms with van der Waals surface area (Å²) in [6.45, 7) is 5.31. The van der Waals surface area contributed by atoms with Crippen LogP contribution < -0.4 is 10.6 Å². The number of nitrogens with one attached hydrogen (secondary N) is 2. The molecule has 0 spiro atoms. The van der Waals surface area contributed by atoms with E-state index in [4.69, 9.17) is 4.74 Å². The van der Waals surface area contributed by atoms with Crippen molar-refractivity contribution in [2.45, 2.75) is 44.8 Å². The van der Waals surface area contributed by atoms with Gasteiger partial charge in [-0.2, -0.15) is 0 Å². The summed E-state index contributed by atoms with van der Waals surface area (Å²) in [5.74, 6) is -2.66. The minimum atomic E-state index is -0.934. The van der Waals surface area contributed by atoms with E-state index in [2.05, 4.69) is 10.6 Å². The van der Waals surface area contributed by atoms with Gasteiger partial charge in [0, 0.05) is 12.5 Å². The van der Waals surface area contributed by atoms with Crippen LogP contribution in [-0.2, 0) is 9.53 Å². The fourth-order valence-corrected chi connectivity index (χ4v) is 2.47. The zero-order valence-corrected chi connectivity index (χ0v) is 13.3. The molecule has 1 heterocycles. The van der Waals surface area contributed by atoms with Crippen molar-refractivity contribution in [3.63, 3.8) is 0 Å². The number of benzene rings is 1. The maximum absolute atomic E-state index is 13.9. The standard InChI is InChI=1S/C16H20F2N2O3/c1-16(2,3)23-15(22)20-12-7-9(8-19-14(12)21)10-5-4-6-11(17)13(10)18/h4-6,9,12H,7-8H2,1-3H3,(H,19,21)(H,20,22)/t9?,12-/m0/s1. The summed E-state index contributed by atoms with van der Waals surface area (Å²) >= 11 is 0. The quantitative estimate of drug-likeness (QED) is 0.877. The number of alkyl carbamates (subject to hydrolysis) is 1. The van der Waals surface area contributed by atoms with Crippen molar-refractivity contribution in [2.24, 2.45) is 0 Å². The van der Waals surface area contributed by atoms with Gasteiger partial charge in [0.1, 0.15) is 11.6 Å². The third-order valence-electron chi connectivity index (χ3n) is 3.47. The Morgan fingerprint density at radius 3 is 2.70 bits per heavy atom. The Labute approximate surface area is 133 Å². The highest BCUT2D eigenvalue weighted by molar-refractivity contribution is 5.86. The minimum Gasteiger partial charge on any atom is -0.444 e. The Bertz CT molecular complexity index is 614. The van der Waals surface area contributed by atoms with Crippen LogP contribution in [-0.4, -0.2) is 30.2 Å². The minimum absolute atomic E-state index is 0.172. The number of amides is 2. The molecule has 0 bridgehead atoms. The Morgan fingerprint density at radius 1 is 1.35 bits per heavy atom. The molecular formula is C16H20F2N2O3. The number of halogens is 2. The first-order valence-electron chi connectivity index (χ1n) is 7.38. The molecule has 2 amide bonds.